The predicted molar refractivity (Wildman–Crippen MR) is 146 cm³/mol. The molecule has 1 aliphatic carbocycles. The van der Waals surface area contributed by atoms with Gasteiger partial charge in [-0.15, -0.1) is 0 Å². The largest absolute Gasteiger partial charge is 0.472 e. The molecule has 21 nitrogen and oxygen atoms in total. The molecule has 45 heavy (non-hydrogen) atoms. The van der Waals surface area contributed by atoms with Crippen molar-refractivity contribution in [3.63, 3.8) is 0 Å². The molecule has 0 spiro atoms. The van der Waals surface area contributed by atoms with Gasteiger partial charge in [0.15, 0.2) is 35.0 Å². The predicted octanol–water partition coefficient (Wildman–Crippen LogP) is -0.701. The monoisotopic (exact) mass is 674 g/mol. The zero-order chi connectivity index (χ0) is 31.8. The lowest BCUT2D eigenvalue weighted by Gasteiger charge is -2.28. The summed E-state index contributed by atoms with van der Waals surface area (Å²) in [5.41, 5.74) is 10.9. The fourth-order valence-corrected chi connectivity index (χ4v) is 7.82. The van der Waals surface area contributed by atoms with Crippen LogP contribution >= 0.6 is 15.6 Å². The number of fused-ring (bicyclic) bond motifs is 4. The van der Waals surface area contributed by atoms with Crippen molar-refractivity contribution in [3.05, 3.63) is 29.3 Å². The summed E-state index contributed by atoms with van der Waals surface area (Å²) in [5, 5.41) is 11.2. The number of rotatable bonds is 2. The van der Waals surface area contributed by atoms with E-state index in [2.05, 4.69) is 29.9 Å². The average molecular weight is 674 g/mol. The number of nitrogen functional groups attached to an aromatic ring is 2. The van der Waals surface area contributed by atoms with Crippen LogP contribution in [0.2, 0.25) is 0 Å². The number of H-pyrrole nitrogens is 1. The molecular weight excluding hydrogens is 649 g/mol. The molecule has 0 aromatic carbocycles. The summed E-state index contributed by atoms with van der Waals surface area (Å²) in [5.74, 6) is -1.19. The molecule has 0 amide bonds. The van der Waals surface area contributed by atoms with Crippen molar-refractivity contribution in [2.24, 2.45) is 5.92 Å². The fraction of sp³-hybridized carbons (Fsp3) is 0.524. The van der Waals surface area contributed by atoms with Gasteiger partial charge in [0, 0.05) is 5.92 Å². The van der Waals surface area contributed by atoms with E-state index in [9.17, 15) is 28.8 Å². The van der Waals surface area contributed by atoms with Crippen LogP contribution in [0.15, 0.2) is 23.8 Å². The number of alkyl halides is 1. The lowest BCUT2D eigenvalue weighted by atomic mass is 10.1. The first-order chi connectivity index (χ1) is 21.3. The van der Waals surface area contributed by atoms with Crippen LogP contribution in [0.5, 0.6) is 0 Å². The van der Waals surface area contributed by atoms with E-state index in [4.69, 9.17) is 34.3 Å². The molecule has 2 aliphatic heterocycles. The van der Waals surface area contributed by atoms with Crippen molar-refractivity contribution < 1.29 is 51.2 Å². The zero-order valence-corrected chi connectivity index (χ0v) is 24.4. The molecule has 4 unspecified atom stereocenters. The molecule has 0 radical (unpaired) electrons. The van der Waals surface area contributed by atoms with E-state index in [0.717, 1.165) is 10.9 Å². The molecule has 8 N–H and O–H groups in total. The SMILES string of the molecule is Nc1nc2c(ncn2[C@@H]2O[C@@H]3COP(=O)(O)O[C@@H]4C(O)[C@H](n5cnc6c(N)ncnc65)C[C@@H]4COP(=O)(O)OC3[C@@H]2F)c(=O)[nH]1. The highest BCUT2D eigenvalue weighted by molar-refractivity contribution is 7.47. The molecule has 6 heterocycles. The average Bonchev–Trinajstić information content (AvgIpc) is 3.72. The first-order valence-electron chi connectivity index (χ1n) is 13.3. The number of aliphatic hydroxyl groups is 1. The Balaban J connectivity index is 1.17. The number of halogens is 1. The number of aromatic amines is 1. The number of nitrogens with one attached hydrogen (secondary N) is 1. The number of hydrogen-bond donors (Lipinski definition) is 6. The number of ether oxygens (including phenoxy) is 1. The van der Waals surface area contributed by atoms with Gasteiger partial charge in [-0.2, -0.15) is 4.98 Å². The van der Waals surface area contributed by atoms with Crippen LogP contribution in [-0.2, 0) is 32.0 Å². The maximum atomic E-state index is 15.9. The van der Waals surface area contributed by atoms with Crippen LogP contribution in [0.1, 0.15) is 18.7 Å². The molecule has 24 heteroatoms. The summed E-state index contributed by atoms with van der Waals surface area (Å²) >= 11 is 0. The van der Waals surface area contributed by atoms with Crippen LogP contribution in [-0.4, -0.2) is 97.7 Å². The Bertz CT molecular complexity index is 1940. The van der Waals surface area contributed by atoms with Gasteiger partial charge >= 0.3 is 15.6 Å². The molecule has 10 atom stereocenters. The van der Waals surface area contributed by atoms with Gasteiger partial charge in [-0.1, -0.05) is 0 Å². The molecule has 7 rings (SSSR count). The Hall–Kier alpha value is -3.43. The number of imidazole rings is 2. The molecule has 3 fully saturated rings. The van der Waals surface area contributed by atoms with Crippen molar-refractivity contribution in [3.8, 4) is 0 Å². The molecule has 242 valence electrons. The minimum absolute atomic E-state index is 0.0207. The quantitative estimate of drug-likeness (QED) is 0.143. The second-order valence-corrected chi connectivity index (χ2v) is 13.4. The highest BCUT2D eigenvalue weighted by Gasteiger charge is 2.54. The molecular formula is C21H25FN10O11P2. The molecule has 4 aromatic rings. The van der Waals surface area contributed by atoms with Gasteiger partial charge in [0.05, 0.1) is 31.9 Å². The second-order valence-electron chi connectivity index (χ2n) is 10.6. The summed E-state index contributed by atoms with van der Waals surface area (Å²) < 4.78 is 71.1. The van der Waals surface area contributed by atoms with Crippen LogP contribution in [0.4, 0.5) is 16.2 Å². The Kier molecular flexibility index (Phi) is 7.28. The zero-order valence-electron chi connectivity index (χ0n) is 22.6. The van der Waals surface area contributed by atoms with E-state index in [1.54, 1.807) is 0 Å². The highest BCUT2D eigenvalue weighted by Crippen LogP contribution is 2.55. The van der Waals surface area contributed by atoms with E-state index in [0.29, 0.717) is 0 Å². The van der Waals surface area contributed by atoms with Crippen LogP contribution in [0.25, 0.3) is 22.3 Å². The van der Waals surface area contributed by atoms with E-state index in [-0.39, 0.29) is 40.5 Å². The molecule has 2 saturated heterocycles. The molecule has 1 saturated carbocycles. The number of anilines is 2. The third-order valence-electron chi connectivity index (χ3n) is 7.84. The van der Waals surface area contributed by atoms with Gasteiger partial charge in [-0.3, -0.25) is 32.4 Å². The lowest BCUT2D eigenvalue weighted by molar-refractivity contribution is -0.0592. The lowest BCUT2D eigenvalue weighted by Crippen LogP contribution is -2.36. The van der Waals surface area contributed by atoms with Crippen molar-refractivity contribution >= 4 is 49.7 Å². The van der Waals surface area contributed by atoms with E-state index in [1.807, 2.05) is 0 Å². The van der Waals surface area contributed by atoms with E-state index >= 15 is 4.39 Å². The van der Waals surface area contributed by atoms with Gasteiger partial charge in [0.2, 0.25) is 5.95 Å². The Morgan fingerprint density at radius 1 is 0.956 bits per heavy atom. The van der Waals surface area contributed by atoms with Crippen molar-refractivity contribution in [2.45, 2.75) is 49.3 Å². The Morgan fingerprint density at radius 2 is 1.64 bits per heavy atom. The van der Waals surface area contributed by atoms with Crippen molar-refractivity contribution in [1.82, 2.24) is 39.0 Å². The highest BCUT2D eigenvalue weighted by atomic mass is 31.2. The topological polar surface area (TPSA) is 300 Å². The Morgan fingerprint density at radius 3 is 2.42 bits per heavy atom. The van der Waals surface area contributed by atoms with Gasteiger partial charge in [-0.05, 0) is 6.42 Å². The smallest absolute Gasteiger partial charge is 0.388 e. The number of hydrogen-bond acceptors (Lipinski definition) is 16. The number of aliphatic hydroxyl groups excluding tert-OH is 1. The first kappa shape index (κ1) is 30.2. The normalized spacial score (nSPS) is 37.7. The van der Waals surface area contributed by atoms with Crippen molar-refractivity contribution in [1.29, 1.82) is 0 Å². The van der Waals surface area contributed by atoms with Crippen LogP contribution in [0.3, 0.4) is 0 Å². The number of nitrogens with zero attached hydrogens (tertiary/aromatic N) is 7. The van der Waals surface area contributed by atoms with Crippen molar-refractivity contribution in [2.75, 3.05) is 24.7 Å². The fourth-order valence-electron chi connectivity index (χ4n) is 5.82. The van der Waals surface area contributed by atoms with Gasteiger partial charge in [-0.25, -0.2) is 33.5 Å². The summed E-state index contributed by atoms with van der Waals surface area (Å²) in [6, 6.07) is -0.870. The van der Waals surface area contributed by atoms with E-state index in [1.165, 1.54) is 17.2 Å². The third-order valence-corrected chi connectivity index (χ3v) is 9.81. The number of phosphoric ester groups is 2. The second kappa shape index (κ2) is 10.8. The third kappa shape index (κ3) is 5.31. The summed E-state index contributed by atoms with van der Waals surface area (Å²) in [4.78, 5) is 55.7. The maximum Gasteiger partial charge on any atom is 0.472 e. The van der Waals surface area contributed by atoms with Crippen LogP contribution < -0.4 is 17.0 Å². The minimum Gasteiger partial charge on any atom is -0.388 e. The number of aromatic nitrogens is 8. The summed E-state index contributed by atoms with van der Waals surface area (Å²) in [7, 11) is -10.1. The van der Waals surface area contributed by atoms with Gasteiger partial charge < -0.3 is 35.7 Å². The van der Waals surface area contributed by atoms with Crippen LogP contribution in [0, 0.1) is 5.92 Å². The first-order valence-corrected chi connectivity index (χ1v) is 16.3. The Labute approximate surface area is 249 Å². The van der Waals surface area contributed by atoms with E-state index < -0.39 is 83.2 Å². The number of phosphoric acid groups is 2. The summed E-state index contributed by atoms with van der Waals surface area (Å²) in [6.07, 6.45) is -6.78. The molecule has 3 aliphatic rings. The van der Waals surface area contributed by atoms with Gasteiger partial charge in [0.1, 0.15) is 36.3 Å². The number of nitrogens with two attached hydrogens (primary N) is 2. The molecule has 4 aromatic heterocycles. The minimum atomic E-state index is -5.06. The molecule has 0 bridgehead atoms. The standard InChI is InChI=1S/C21H25FN10O11P2/c22-10-15-9(41-20(10)32-6-28-12-18(32)29-21(24)30-19(12)34)3-40-45(37,38)42-14-7(2-39-44(35,36)43-15)1-8(13(14)33)31-5-27-11-16(23)25-4-26-17(11)31/h4-10,13-15,20,33H,1-3H2,(H,35,36)(H,37,38)(H2,23,25,26)(H3,24,29,30,34)/t7-,8-,9-,10+,13?,14+,15?,20-/m1/s1. The summed E-state index contributed by atoms with van der Waals surface area (Å²) in [6.45, 7) is -1.51. The van der Waals surface area contributed by atoms with Gasteiger partial charge in [0.25, 0.3) is 5.56 Å². The maximum absolute atomic E-state index is 15.9.